The molecule has 1 fully saturated rings. The average Bonchev–Trinajstić information content (AvgIpc) is 3.15. The number of hydrogen-bond donors (Lipinski definition) is 0. The number of esters is 1. The number of ether oxygens (including phenoxy) is 7. The highest BCUT2D eigenvalue weighted by molar-refractivity contribution is 5.69. The van der Waals surface area contributed by atoms with E-state index in [-0.39, 0.29) is 18.7 Å². The van der Waals surface area contributed by atoms with Crippen LogP contribution in [0, 0.1) is 10.1 Å². The summed E-state index contributed by atoms with van der Waals surface area (Å²) in [6.07, 6.45) is 3.38. The van der Waals surface area contributed by atoms with Crippen LogP contribution in [0.1, 0.15) is 48.8 Å². The zero-order chi connectivity index (χ0) is 38.3. The van der Waals surface area contributed by atoms with E-state index in [4.69, 9.17) is 33.2 Å². The minimum atomic E-state index is -0.946. The third kappa shape index (κ3) is 12.2. The lowest BCUT2D eigenvalue weighted by Crippen LogP contribution is -2.51. The SMILES string of the molecule is COc1ccc(C[N+](C)(CCOC(=O)OCOC(=O)CCC[N+]2(Cc3ccc(OC)c(OC)c3)CCCCC2)Cc2ccc([N+](=O)[O-])cc2)cc1OC. The Bertz CT molecular complexity index is 1660. The number of carbonyl (C=O) groups excluding carboxylic acids is 2. The van der Waals surface area contributed by atoms with E-state index in [1.807, 2.05) is 37.4 Å². The first kappa shape index (κ1) is 40.7. The van der Waals surface area contributed by atoms with Crippen molar-refractivity contribution in [3.63, 3.8) is 0 Å². The van der Waals surface area contributed by atoms with Crippen LogP contribution in [-0.4, -0.2) is 101 Å². The molecule has 0 aliphatic carbocycles. The number of nitro benzene ring substituents is 1. The molecule has 288 valence electrons. The third-order valence-electron chi connectivity index (χ3n) is 9.72. The van der Waals surface area contributed by atoms with E-state index < -0.39 is 23.8 Å². The number of piperidine rings is 1. The number of carbonyl (C=O) groups is 2. The summed E-state index contributed by atoms with van der Waals surface area (Å²) in [5.74, 6) is 2.14. The summed E-state index contributed by atoms with van der Waals surface area (Å²) in [6.45, 7) is 4.64. The Labute approximate surface area is 311 Å². The molecule has 14 heteroatoms. The van der Waals surface area contributed by atoms with Crippen molar-refractivity contribution in [1.82, 2.24) is 0 Å². The third-order valence-corrected chi connectivity index (χ3v) is 9.72. The molecule has 0 N–H and O–H groups in total. The Balaban J connectivity index is 1.25. The number of quaternary nitrogens is 2. The molecule has 53 heavy (non-hydrogen) atoms. The zero-order valence-corrected chi connectivity index (χ0v) is 31.5. The fourth-order valence-corrected chi connectivity index (χ4v) is 6.97. The van der Waals surface area contributed by atoms with Gasteiger partial charge in [-0.3, -0.25) is 14.9 Å². The van der Waals surface area contributed by atoms with Gasteiger partial charge < -0.3 is 42.1 Å². The molecule has 1 saturated heterocycles. The van der Waals surface area contributed by atoms with Gasteiger partial charge in [0.1, 0.15) is 32.8 Å². The molecule has 0 amide bonds. The molecule has 0 aromatic heterocycles. The summed E-state index contributed by atoms with van der Waals surface area (Å²) in [7, 11) is 8.39. The van der Waals surface area contributed by atoms with Gasteiger partial charge in [-0.05, 0) is 67.8 Å². The van der Waals surface area contributed by atoms with Crippen LogP contribution >= 0.6 is 0 Å². The van der Waals surface area contributed by atoms with Crippen LogP contribution in [0.3, 0.4) is 0 Å². The first-order chi connectivity index (χ1) is 25.5. The molecular formula is C39H53N3O11+2. The monoisotopic (exact) mass is 739 g/mol. The Hall–Kier alpha value is -5.08. The topological polar surface area (TPSA) is 142 Å². The lowest BCUT2D eigenvalue weighted by molar-refractivity contribution is -0.945. The standard InChI is InChI=1S/C39H53N3O11/c1-41(26-30-11-15-33(16-12-30)40(45)46,27-31-13-17-34(47-2)36(24-31)49-4)22-23-51-39(44)53-29-52-38(43)10-9-21-42(19-7-6-8-20-42)28-32-14-18-35(48-3)37(25-32)50-5/h11-18,24-25H,6-10,19-23,26-29H2,1-5H3/q+2. The quantitative estimate of drug-likeness (QED) is 0.0417. The minimum Gasteiger partial charge on any atom is -0.493 e. The number of benzene rings is 3. The van der Waals surface area contributed by atoms with Gasteiger partial charge in [0.2, 0.25) is 6.79 Å². The molecule has 0 bridgehead atoms. The van der Waals surface area contributed by atoms with Gasteiger partial charge in [0.15, 0.2) is 23.0 Å². The van der Waals surface area contributed by atoms with E-state index in [1.165, 1.54) is 18.6 Å². The number of hydrogen-bond acceptors (Lipinski definition) is 11. The van der Waals surface area contributed by atoms with Gasteiger partial charge in [-0.1, -0.05) is 0 Å². The smallest absolute Gasteiger partial charge is 0.493 e. The van der Waals surface area contributed by atoms with Crippen molar-refractivity contribution in [1.29, 1.82) is 0 Å². The van der Waals surface area contributed by atoms with E-state index in [2.05, 4.69) is 6.07 Å². The summed E-state index contributed by atoms with van der Waals surface area (Å²) in [4.78, 5) is 35.7. The van der Waals surface area contributed by atoms with Gasteiger partial charge >= 0.3 is 12.1 Å². The number of likely N-dealkylation sites (tertiary alicyclic amines) is 1. The molecule has 3 aromatic rings. The predicted molar refractivity (Wildman–Crippen MR) is 196 cm³/mol. The second kappa shape index (κ2) is 19.7. The Morgan fingerprint density at radius 3 is 1.91 bits per heavy atom. The van der Waals surface area contributed by atoms with E-state index >= 15 is 0 Å². The Kier molecular flexibility index (Phi) is 15.1. The molecule has 0 radical (unpaired) electrons. The Morgan fingerprint density at radius 1 is 0.736 bits per heavy atom. The molecule has 1 heterocycles. The van der Waals surface area contributed by atoms with E-state index in [0.717, 1.165) is 60.2 Å². The van der Waals surface area contributed by atoms with Gasteiger partial charge in [-0.2, -0.15) is 0 Å². The second-order valence-corrected chi connectivity index (χ2v) is 13.7. The van der Waals surface area contributed by atoms with Crippen molar-refractivity contribution in [2.24, 2.45) is 0 Å². The summed E-state index contributed by atoms with van der Waals surface area (Å²) in [6, 6.07) is 18.1. The second-order valence-electron chi connectivity index (χ2n) is 13.7. The molecule has 1 aliphatic heterocycles. The summed E-state index contributed by atoms with van der Waals surface area (Å²) >= 11 is 0. The molecule has 3 aromatic carbocycles. The maximum atomic E-state index is 12.6. The number of methoxy groups -OCH3 is 4. The molecule has 14 nitrogen and oxygen atoms in total. The Morgan fingerprint density at radius 2 is 1.30 bits per heavy atom. The minimum absolute atomic E-state index is 0.00744. The maximum absolute atomic E-state index is 12.6. The van der Waals surface area contributed by atoms with Crippen LogP contribution in [0.15, 0.2) is 60.7 Å². The number of nitrogens with zero attached hydrogens (tertiary/aromatic N) is 3. The van der Waals surface area contributed by atoms with Crippen molar-refractivity contribution in [2.45, 2.75) is 51.7 Å². The maximum Gasteiger partial charge on any atom is 0.511 e. The molecule has 0 saturated carbocycles. The van der Waals surface area contributed by atoms with Crippen molar-refractivity contribution < 1.29 is 56.6 Å². The normalized spacial score (nSPS) is 14.7. The number of likely N-dealkylation sites (N-methyl/N-ethyl adjacent to an activating group) is 1. The van der Waals surface area contributed by atoms with Crippen molar-refractivity contribution in [2.75, 3.05) is 75.1 Å². The van der Waals surface area contributed by atoms with Crippen LogP contribution in [-0.2, 0) is 38.6 Å². The fraction of sp³-hybridized carbons (Fsp3) is 0.487. The summed E-state index contributed by atoms with van der Waals surface area (Å²) in [5.41, 5.74) is 3.00. The van der Waals surface area contributed by atoms with Gasteiger partial charge in [0, 0.05) is 35.2 Å². The highest BCUT2D eigenvalue weighted by Gasteiger charge is 2.31. The van der Waals surface area contributed by atoms with Crippen LogP contribution in [0.5, 0.6) is 23.0 Å². The van der Waals surface area contributed by atoms with Crippen LogP contribution in [0.2, 0.25) is 0 Å². The van der Waals surface area contributed by atoms with Crippen molar-refractivity contribution in [3.8, 4) is 23.0 Å². The molecule has 4 rings (SSSR count). The first-order valence-corrected chi connectivity index (χ1v) is 17.8. The van der Waals surface area contributed by atoms with Gasteiger partial charge in [0.05, 0.1) is 66.5 Å². The van der Waals surface area contributed by atoms with Crippen LogP contribution < -0.4 is 18.9 Å². The van der Waals surface area contributed by atoms with Gasteiger partial charge in [-0.15, -0.1) is 0 Å². The summed E-state index contributed by atoms with van der Waals surface area (Å²) < 4.78 is 38.7. The first-order valence-electron chi connectivity index (χ1n) is 17.8. The lowest BCUT2D eigenvalue weighted by atomic mass is 10.0. The fourth-order valence-electron chi connectivity index (χ4n) is 6.97. The lowest BCUT2D eigenvalue weighted by Gasteiger charge is -2.42. The molecular weight excluding hydrogens is 686 g/mol. The van der Waals surface area contributed by atoms with Crippen LogP contribution in [0.4, 0.5) is 10.5 Å². The molecule has 1 atom stereocenters. The molecule has 1 unspecified atom stereocenters. The highest BCUT2D eigenvalue weighted by Crippen LogP contribution is 2.32. The predicted octanol–water partition coefficient (Wildman–Crippen LogP) is 6.41. The molecule has 1 aliphatic rings. The highest BCUT2D eigenvalue weighted by atomic mass is 16.8. The van der Waals surface area contributed by atoms with Crippen molar-refractivity contribution in [3.05, 3.63) is 87.5 Å². The number of non-ortho nitro benzene ring substituents is 1. The average molecular weight is 740 g/mol. The van der Waals surface area contributed by atoms with E-state index in [9.17, 15) is 19.7 Å². The van der Waals surface area contributed by atoms with E-state index in [1.54, 1.807) is 40.6 Å². The number of rotatable bonds is 20. The zero-order valence-electron chi connectivity index (χ0n) is 31.5. The number of nitro groups is 1. The summed E-state index contributed by atoms with van der Waals surface area (Å²) in [5, 5.41) is 11.2. The van der Waals surface area contributed by atoms with E-state index in [0.29, 0.717) is 53.5 Å². The molecule has 0 spiro atoms. The van der Waals surface area contributed by atoms with Gasteiger partial charge in [-0.25, -0.2) is 4.79 Å². The van der Waals surface area contributed by atoms with Crippen molar-refractivity contribution >= 4 is 17.8 Å². The van der Waals surface area contributed by atoms with Crippen LogP contribution in [0.25, 0.3) is 0 Å². The van der Waals surface area contributed by atoms with Gasteiger partial charge in [0.25, 0.3) is 5.69 Å². The largest absolute Gasteiger partial charge is 0.511 e.